The van der Waals surface area contributed by atoms with Crippen LogP contribution in [0, 0.1) is 0 Å². The number of rotatable bonds is 6. The van der Waals surface area contributed by atoms with Gasteiger partial charge in [0.1, 0.15) is 25.4 Å². The Morgan fingerprint density at radius 3 is 1.32 bits per heavy atom. The van der Waals surface area contributed by atoms with Gasteiger partial charge in [-0.1, -0.05) is 48.1 Å². The van der Waals surface area contributed by atoms with Crippen LogP contribution in [0.4, 0.5) is 0 Å². The summed E-state index contributed by atoms with van der Waals surface area (Å²) >= 11 is 0. The van der Waals surface area contributed by atoms with Crippen LogP contribution in [0.15, 0.2) is 12.2 Å². The molecule has 0 fully saturated rings. The Labute approximate surface area is 184 Å². The average Bonchev–Trinajstić information content (AvgIpc) is 2.40. The van der Waals surface area contributed by atoms with E-state index in [0.29, 0.717) is 0 Å². The van der Waals surface area contributed by atoms with Crippen LogP contribution in [0.2, 0.25) is 0 Å². The predicted molar refractivity (Wildman–Crippen MR) is 97.4 cm³/mol. The van der Waals surface area contributed by atoms with Crippen LogP contribution in [0.1, 0.15) is 61.8 Å². The summed E-state index contributed by atoms with van der Waals surface area (Å²) in [6.45, 7) is 15.8. The Morgan fingerprint density at radius 1 is 0.786 bits per heavy atom. The van der Waals surface area contributed by atoms with Crippen molar-refractivity contribution in [2.75, 3.05) is 13.2 Å². The van der Waals surface area contributed by atoms with Crippen LogP contribution in [0.5, 0.6) is 0 Å². The number of ether oxygens (including phenoxy) is 2. The van der Waals surface area contributed by atoms with Gasteiger partial charge in [-0.25, -0.2) is 4.79 Å². The molecule has 8 nitrogen and oxygen atoms in total. The van der Waals surface area contributed by atoms with Gasteiger partial charge in [0.2, 0.25) is 0 Å². The number of hydrogen-bond donors (Lipinski definition) is 0. The van der Waals surface area contributed by atoms with E-state index < -0.39 is 30.3 Å². The first-order valence-electron chi connectivity index (χ1n) is 8.58. The smallest absolute Gasteiger partial charge is 0.852 e. The fraction of sp³-hybridized carbons (Fsp3) is 0.737. The Hall–Kier alpha value is -1.06. The van der Waals surface area contributed by atoms with Crippen molar-refractivity contribution in [2.24, 2.45) is 0 Å². The van der Waals surface area contributed by atoms with E-state index in [1.165, 1.54) is 13.8 Å². The average molecular weight is 439 g/mol. The second-order valence-electron chi connectivity index (χ2n) is 6.16. The molecule has 0 aliphatic rings. The third-order valence-corrected chi connectivity index (χ3v) is 1.32. The molecule has 28 heavy (non-hydrogen) atoms. The van der Waals surface area contributed by atoms with Gasteiger partial charge in [-0.3, -0.25) is 9.59 Å². The van der Waals surface area contributed by atoms with Crippen LogP contribution >= 0.6 is 0 Å². The summed E-state index contributed by atoms with van der Waals surface area (Å²) < 4.78 is 9.27. The fourth-order valence-corrected chi connectivity index (χ4v) is 0.667. The third-order valence-electron chi connectivity index (χ3n) is 1.32. The standard InChI is InChI=1S/C10H14O5.3C3H7O.Ti/c1-7(2)10(13)15-5-4-14-9(12)6-8(3)11;3*1-3(2)4;/h1,4-6H2,2-3H3;3*3H,1-2H3;/q;3*-1;+3. The summed E-state index contributed by atoms with van der Waals surface area (Å²) in [7, 11) is 0. The molecule has 0 spiro atoms. The zero-order chi connectivity index (χ0) is 22.6. The van der Waals surface area contributed by atoms with Crippen molar-refractivity contribution >= 4 is 17.7 Å². The van der Waals surface area contributed by atoms with Gasteiger partial charge < -0.3 is 24.8 Å². The second kappa shape index (κ2) is 25.9. The monoisotopic (exact) mass is 439 g/mol. The molecule has 0 saturated carbocycles. The SMILES string of the molecule is C=C(C)C(=O)OCCOC(=O)CC(C)=O.CC(C)[O-].CC(C)[O-].CC(C)[O-].[Ti+3]. The topological polar surface area (TPSA) is 139 Å². The number of carbonyl (C=O) groups is 3. The molecule has 0 N–H and O–H groups in total. The molecule has 0 aliphatic heterocycles. The van der Waals surface area contributed by atoms with Crippen LogP contribution < -0.4 is 15.3 Å². The van der Waals surface area contributed by atoms with Gasteiger partial charge in [-0.2, -0.15) is 0 Å². The summed E-state index contributed by atoms with van der Waals surface area (Å²) in [4.78, 5) is 32.2. The van der Waals surface area contributed by atoms with Crippen molar-refractivity contribution in [2.45, 2.75) is 80.1 Å². The van der Waals surface area contributed by atoms with Gasteiger partial charge in [0, 0.05) is 5.57 Å². The zero-order valence-corrected chi connectivity index (χ0v) is 19.9. The summed E-state index contributed by atoms with van der Waals surface area (Å²) in [5.74, 6) is -1.41. The molecule has 163 valence electrons. The van der Waals surface area contributed by atoms with Crippen LogP contribution in [-0.4, -0.2) is 49.2 Å². The number of hydrogen-bond acceptors (Lipinski definition) is 8. The van der Waals surface area contributed by atoms with Gasteiger partial charge in [0.15, 0.2) is 0 Å². The molecule has 0 aromatic carbocycles. The minimum absolute atomic E-state index is 0. The Balaban J connectivity index is -0.000000111. The molecule has 0 atom stereocenters. The van der Waals surface area contributed by atoms with E-state index in [-0.39, 0.29) is 52.7 Å². The summed E-state index contributed by atoms with van der Waals surface area (Å²) in [6, 6.07) is 0. The first-order valence-corrected chi connectivity index (χ1v) is 8.58. The summed E-state index contributed by atoms with van der Waals surface area (Å²) in [6.07, 6.45) is -1.51. The third kappa shape index (κ3) is 73.5. The van der Waals surface area contributed by atoms with Crippen LogP contribution in [0.3, 0.4) is 0 Å². The maximum Gasteiger partial charge on any atom is 3.00 e. The molecule has 0 unspecified atom stereocenters. The molecule has 1 radical (unpaired) electrons. The largest absolute Gasteiger partial charge is 3.00 e. The first kappa shape index (κ1) is 37.7. The van der Waals surface area contributed by atoms with Crippen LogP contribution in [0.25, 0.3) is 0 Å². The summed E-state index contributed by atoms with van der Waals surface area (Å²) in [5, 5.41) is 28.6. The van der Waals surface area contributed by atoms with Crippen molar-refractivity contribution in [3.63, 3.8) is 0 Å². The molecule has 0 rings (SSSR count). The molecule has 0 aliphatic carbocycles. The van der Waals surface area contributed by atoms with Gasteiger partial charge in [-0.15, -0.1) is 18.3 Å². The molecular formula is C19H35O8Ti. The Kier molecular flexibility index (Phi) is 34.9. The Bertz CT molecular complexity index is 384. The maximum absolute atomic E-state index is 10.8. The van der Waals surface area contributed by atoms with Crippen molar-refractivity contribution in [1.82, 2.24) is 0 Å². The van der Waals surface area contributed by atoms with E-state index in [9.17, 15) is 29.7 Å². The number of carbonyl (C=O) groups excluding carboxylic acids is 3. The predicted octanol–water partition coefficient (Wildman–Crippen LogP) is -0.109. The summed E-state index contributed by atoms with van der Waals surface area (Å²) in [5.41, 5.74) is 0.282. The van der Waals surface area contributed by atoms with Crippen LogP contribution in [-0.2, 0) is 45.6 Å². The normalized spacial score (nSPS) is 8.79. The molecule has 0 heterocycles. The first-order chi connectivity index (χ1) is 12.1. The Morgan fingerprint density at radius 2 is 1.07 bits per heavy atom. The molecule has 0 aromatic rings. The van der Waals surface area contributed by atoms with E-state index in [1.807, 2.05) is 0 Å². The second-order valence-corrected chi connectivity index (χ2v) is 6.16. The van der Waals surface area contributed by atoms with Gasteiger partial charge >= 0.3 is 33.7 Å². The quantitative estimate of drug-likeness (QED) is 0.184. The van der Waals surface area contributed by atoms with Gasteiger partial charge in [0.05, 0.1) is 0 Å². The van der Waals surface area contributed by atoms with E-state index in [0.717, 1.165) is 0 Å². The van der Waals surface area contributed by atoms with Crippen molar-refractivity contribution in [3.8, 4) is 0 Å². The van der Waals surface area contributed by atoms with E-state index in [4.69, 9.17) is 0 Å². The minimum atomic E-state index is -0.617. The molecule has 0 bridgehead atoms. The molecule has 0 amide bonds. The number of esters is 2. The molecular weight excluding hydrogens is 404 g/mol. The zero-order valence-electron chi connectivity index (χ0n) is 18.3. The van der Waals surface area contributed by atoms with Gasteiger partial charge in [0.25, 0.3) is 0 Å². The van der Waals surface area contributed by atoms with Gasteiger partial charge in [-0.05, 0) is 13.8 Å². The maximum atomic E-state index is 10.8. The minimum Gasteiger partial charge on any atom is -0.852 e. The number of Topliss-reactive ketones (excluding diaryl/α,β-unsaturated/α-hetero) is 1. The fourth-order valence-electron chi connectivity index (χ4n) is 0.667. The van der Waals surface area contributed by atoms with Crippen molar-refractivity contribution in [1.29, 1.82) is 0 Å². The van der Waals surface area contributed by atoms with Crippen molar-refractivity contribution < 1.29 is 60.9 Å². The van der Waals surface area contributed by atoms with E-state index >= 15 is 0 Å². The van der Waals surface area contributed by atoms with E-state index in [2.05, 4.69) is 16.1 Å². The van der Waals surface area contributed by atoms with E-state index in [1.54, 1.807) is 41.5 Å². The molecule has 0 saturated heterocycles. The molecule has 0 aromatic heterocycles. The number of ketones is 1. The van der Waals surface area contributed by atoms with Crippen molar-refractivity contribution in [3.05, 3.63) is 12.2 Å². The molecule has 9 heteroatoms.